The molecule has 0 saturated heterocycles. The van der Waals surface area contributed by atoms with Crippen molar-refractivity contribution in [3.63, 3.8) is 0 Å². The monoisotopic (exact) mass is 105 g/mol. The van der Waals surface area contributed by atoms with E-state index in [1.54, 1.807) is 11.8 Å². The molecule has 0 heterocycles. The molecule has 1 radical (unpaired) electrons. The molecule has 0 amide bonds. The Morgan fingerprint density at radius 2 is 2.40 bits per heavy atom. The molecule has 0 aromatic heterocycles. The Bertz CT molecular complexity index is 26.1. The molecule has 0 unspecified atom stereocenters. The summed E-state index contributed by atoms with van der Waals surface area (Å²) in [6.07, 6.45) is 1.69. The van der Waals surface area contributed by atoms with Crippen LogP contribution >= 0.6 is 22.5 Å². The lowest BCUT2D eigenvalue weighted by Crippen LogP contribution is -1.39. The Morgan fingerprint density at radius 1 is 1.80 bits per heavy atom. The molecule has 0 spiro atoms. The average molecular weight is 105 g/mol. The highest BCUT2D eigenvalue weighted by Crippen LogP contribution is 2.07. The van der Waals surface area contributed by atoms with Crippen molar-refractivity contribution in [2.75, 3.05) is 0 Å². The fourth-order valence-electron chi connectivity index (χ4n) is 0.0430. The first-order valence-electron chi connectivity index (χ1n) is 1.16. The SMILES string of the molecule is C=C[CH]SS. The number of hydrogen-bond acceptors (Lipinski definition) is 2. The van der Waals surface area contributed by atoms with Crippen LogP contribution in [0.4, 0.5) is 0 Å². The summed E-state index contributed by atoms with van der Waals surface area (Å²) < 4.78 is 0. The standard InChI is InChI=1S/C3H5S2/c1-2-3-5-4/h2-4H,1H2. The van der Waals surface area contributed by atoms with E-state index >= 15 is 0 Å². The van der Waals surface area contributed by atoms with Crippen molar-refractivity contribution >= 4 is 22.5 Å². The molecule has 0 fully saturated rings. The van der Waals surface area contributed by atoms with Gasteiger partial charge in [0, 0.05) is 5.75 Å². The summed E-state index contributed by atoms with van der Waals surface area (Å²) in [5.41, 5.74) is 0. The maximum atomic E-state index is 3.79. The van der Waals surface area contributed by atoms with Crippen LogP contribution in [0.15, 0.2) is 12.7 Å². The molecule has 0 atom stereocenters. The first-order valence-corrected chi connectivity index (χ1v) is 3.09. The zero-order valence-corrected chi connectivity index (χ0v) is 4.43. The Hall–Kier alpha value is 0.440. The number of rotatable bonds is 2. The van der Waals surface area contributed by atoms with Gasteiger partial charge < -0.3 is 0 Å². The first kappa shape index (κ1) is 5.44. The first-order chi connectivity index (χ1) is 2.41. The van der Waals surface area contributed by atoms with Crippen molar-refractivity contribution < 1.29 is 0 Å². The van der Waals surface area contributed by atoms with E-state index in [0.717, 1.165) is 0 Å². The smallest absolute Gasteiger partial charge is 0.0488 e. The third kappa shape index (κ3) is 4.44. The van der Waals surface area contributed by atoms with Gasteiger partial charge in [-0.2, -0.15) is 0 Å². The summed E-state index contributed by atoms with van der Waals surface area (Å²) in [5, 5.41) is 0. The third-order valence-electron chi connectivity index (χ3n) is 0.157. The molecule has 5 heavy (non-hydrogen) atoms. The minimum atomic E-state index is 1.35. The molecule has 0 nitrogen and oxygen atoms in total. The van der Waals surface area contributed by atoms with Crippen LogP contribution in [-0.4, -0.2) is 0 Å². The summed E-state index contributed by atoms with van der Waals surface area (Å²) in [6, 6.07) is 0. The highest BCUT2D eigenvalue weighted by atomic mass is 33.1. The highest BCUT2D eigenvalue weighted by molar-refractivity contribution is 8.69. The van der Waals surface area contributed by atoms with Gasteiger partial charge in [0.1, 0.15) is 0 Å². The molecule has 0 aliphatic rings. The number of thiol groups is 1. The van der Waals surface area contributed by atoms with Crippen LogP contribution in [0, 0.1) is 5.75 Å². The van der Waals surface area contributed by atoms with E-state index in [2.05, 4.69) is 18.2 Å². The zero-order valence-electron chi connectivity index (χ0n) is 2.72. The molecule has 0 aliphatic carbocycles. The van der Waals surface area contributed by atoms with Crippen LogP contribution in [-0.2, 0) is 0 Å². The summed E-state index contributed by atoms with van der Waals surface area (Å²) in [6.45, 7) is 3.43. The van der Waals surface area contributed by atoms with E-state index in [9.17, 15) is 0 Å². The van der Waals surface area contributed by atoms with E-state index in [-0.39, 0.29) is 0 Å². The summed E-state index contributed by atoms with van der Waals surface area (Å²) in [5.74, 6) is 1.79. The molecule has 0 rings (SSSR count). The molecule has 2 heteroatoms. The fourth-order valence-corrected chi connectivity index (χ4v) is 0.387. The Labute approximate surface area is 41.5 Å². The fraction of sp³-hybridized carbons (Fsp3) is 0. The van der Waals surface area contributed by atoms with Crippen LogP contribution in [0.3, 0.4) is 0 Å². The average Bonchev–Trinajstić information content (AvgIpc) is 1.41. The van der Waals surface area contributed by atoms with Crippen LogP contribution in [0.25, 0.3) is 0 Å². The van der Waals surface area contributed by atoms with E-state index in [0.29, 0.717) is 0 Å². The van der Waals surface area contributed by atoms with Crippen molar-refractivity contribution in [3.05, 3.63) is 18.4 Å². The molecular weight excluding hydrogens is 100 g/mol. The van der Waals surface area contributed by atoms with Gasteiger partial charge in [-0.3, -0.25) is 0 Å². The summed E-state index contributed by atoms with van der Waals surface area (Å²) >= 11 is 3.79. The van der Waals surface area contributed by atoms with Crippen molar-refractivity contribution in [3.8, 4) is 0 Å². The van der Waals surface area contributed by atoms with Gasteiger partial charge in [-0.1, -0.05) is 16.9 Å². The number of hydrogen-bond donors (Lipinski definition) is 1. The van der Waals surface area contributed by atoms with Crippen LogP contribution in [0.5, 0.6) is 0 Å². The van der Waals surface area contributed by atoms with Crippen LogP contribution < -0.4 is 0 Å². The van der Waals surface area contributed by atoms with Crippen LogP contribution in [0.2, 0.25) is 0 Å². The van der Waals surface area contributed by atoms with Gasteiger partial charge >= 0.3 is 0 Å². The van der Waals surface area contributed by atoms with E-state index in [1.807, 2.05) is 0 Å². The summed E-state index contributed by atoms with van der Waals surface area (Å²) in [4.78, 5) is 0. The lowest BCUT2D eigenvalue weighted by Gasteiger charge is -1.71. The highest BCUT2D eigenvalue weighted by Gasteiger charge is 1.63. The van der Waals surface area contributed by atoms with Gasteiger partial charge in [0.2, 0.25) is 0 Å². The van der Waals surface area contributed by atoms with Gasteiger partial charge in [0.15, 0.2) is 0 Å². The Kier molecular flexibility index (Phi) is 4.83. The Balaban J connectivity index is 2.40. The van der Waals surface area contributed by atoms with Crippen molar-refractivity contribution in [2.45, 2.75) is 0 Å². The van der Waals surface area contributed by atoms with Gasteiger partial charge in [-0.05, 0) is 0 Å². The van der Waals surface area contributed by atoms with Gasteiger partial charge in [0.05, 0.1) is 0 Å². The second-order valence-corrected chi connectivity index (χ2v) is 1.59. The lowest BCUT2D eigenvalue weighted by atomic mass is 10.8. The predicted octanol–water partition coefficient (Wildman–Crippen LogP) is 1.91. The lowest BCUT2D eigenvalue weighted by molar-refractivity contribution is 2.11. The van der Waals surface area contributed by atoms with E-state index < -0.39 is 0 Å². The Morgan fingerprint density at radius 3 is 2.40 bits per heavy atom. The van der Waals surface area contributed by atoms with Crippen molar-refractivity contribution in [2.24, 2.45) is 0 Å². The molecule has 0 aliphatic heterocycles. The van der Waals surface area contributed by atoms with Crippen molar-refractivity contribution in [1.29, 1.82) is 0 Å². The summed E-state index contributed by atoms with van der Waals surface area (Å²) in [7, 11) is 1.35. The maximum Gasteiger partial charge on any atom is 0.0488 e. The molecule has 29 valence electrons. The topological polar surface area (TPSA) is 0 Å². The molecular formula is C3H5S2. The predicted molar refractivity (Wildman–Crippen MR) is 31.1 cm³/mol. The van der Waals surface area contributed by atoms with Gasteiger partial charge in [-0.25, -0.2) is 0 Å². The van der Waals surface area contributed by atoms with E-state index in [4.69, 9.17) is 0 Å². The zero-order chi connectivity index (χ0) is 4.12. The second kappa shape index (κ2) is 4.44. The minimum absolute atomic E-state index is 1.35. The minimum Gasteiger partial charge on any atom is -0.111 e. The van der Waals surface area contributed by atoms with E-state index in [1.165, 1.54) is 10.8 Å². The van der Waals surface area contributed by atoms with Gasteiger partial charge in [-0.15, -0.1) is 18.2 Å². The molecule has 0 aromatic carbocycles. The molecule has 0 aromatic rings. The maximum absolute atomic E-state index is 3.79. The van der Waals surface area contributed by atoms with Gasteiger partial charge in [0.25, 0.3) is 0 Å². The second-order valence-electron chi connectivity index (χ2n) is 0.477. The van der Waals surface area contributed by atoms with Crippen LogP contribution in [0.1, 0.15) is 0 Å². The molecule has 0 N–H and O–H groups in total. The third-order valence-corrected chi connectivity index (χ3v) is 0.836. The quantitative estimate of drug-likeness (QED) is 0.413. The normalized spacial score (nSPS) is 7.40. The largest absolute Gasteiger partial charge is 0.111 e. The molecule has 0 saturated carbocycles. The van der Waals surface area contributed by atoms with Crippen molar-refractivity contribution in [1.82, 2.24) is 0 Å². The molecule has 0 bridgehead atoms.